The number of fused-ring (bicyclic) bond motifs is 5. The predicted octanol–water partition coefficient (Wildman–Crippen LogP) is 2.59. The number of rotatable bonds is 0. The van der Waals surface area contributed by atoms with Crippen molar-refractivity contribution in [1.29, 1.82) is 0 Å². The van der Waals surface area contributed by atoms with Gasteiger partial charge in [-0.05, 0) is 67.3 Å². The van der Waals surface area contributed by atoms with Gasteiger partial charge < -0.3 is 15.9 Å². The molecule has 0 aromatic carbocycles. The number of allylic oxidation sites excluding steroid dienone is 3. The summed E-state index contributed by atoms with van der Waals surface area (Å²) in [5.41, 5.74) is 6.49. The van der Waals surface area contributed by atoms with Gasteiger partial charge in [0.05, 0.1) is 0 Å². The first kappa shape index (κ1) is 14.9. The molecule has 0 aromatic heterocycles. The number of hydrogen-bond donors (Lipinski definition) is 3. The van der Waals surface area contributed by atoms with E-state index in [1.165, 1.54) is 12.8 Å². The number of aliphatic hydroxyl groups is 2. The predicted molar refractivity (Wildman–Crippen MR) is 86.7 cm³/mol. The normalized spacial score (nSPS) is 55.4. The first-order valence-corrected chi connectivity index (χ1v) is 8.86. The zero-order valence-electron chi connectivity index (χ0n) is 13.7. The van der Waals surface area contributed by atoms with Crippen LogP contribution in [0.4, 0.5) is 0 Å². The van der Waals surface area contributed by atoms with Crippen LogP contribution in [0.5, 0.6) is 0 Å². The van der Waals surface area contributed by atoms with Gasteiger partial charge in [-0.2, -0.15) is 0 Å². The van der Waals surface area contributed by atoms with E-state index in [1.54, 1.807) is 6.08 Å². The molecule has 4 aliphatic rings. The Hall–Kier alpha value is -0.640. The smallest absolute Gasteiger partial charge is 0.188 e. The van der Waals surface area contributed by atoms with Gasteiger partial charge in [0, 0.05) is 11.5 Å². The van der Waals surface area contributed by atoms with Crippen molar-refractivity contribution in [2.45, 2.75) is 57.8 Å². The first-order chi connectivity index (χ1) is 10.3. The van der Waals surface area contributed by atoms with Crippen LogP contribution >= 0.6 is 0 Å². The molecule has 0 heterocycles. The molecule has 0 saturated heterocycles. The Labute approximate surface area is 133 Å². The van der Waals surface area contributed by atoms with Crippen LogP contribution in [0.2, 0.25) is 0 Å². The lowest BCUT2D eigenvalue weighted by atomic mass is 9.44. The molecular formula is C19H29NO2. The monoisotopic (exact) mass is 303 g/mol. The minimum absolute atomic E-state index is 0.161. The maximum Gasteiger partial charge on any atom is 0.188 e. The maximum absolute atomic E-state index is 10.4. The van der Waals surface area contributed by atoms with Crippen molar-refractivity contribution in [1.82, 2.24) is 0 Å². The van der Waals surface area contributed by atoms with Gasteiger partial charge in [0.15, 0.2) is 5.79 Å². The van der Waals surface area contributed by atoms with E-state index in [9.17, 15) is 10.2 Å². The van der Waals surface area contributed by atoms with Crippen LogP contribution in [0.1, 0.15) is 46.0 Å². The lowest BCUT2D eigenvalue weighted by molar-refractivity contribution is -0.233. The lowest BCUT2D eigenvalue weighted by Gasteiger charge is -2.61. The summed E-state index contributed by atoms with van der Waals surface area (Å²) in [6.45, 7) is 4.49. The van der Waals surface area contributed by atoms with E-state index >= 15 is 0 Å². The van der Waals surface area contributed by atoms with Crippen molar-refractivity contribution in [2.24, 2.45) is 40.2 Å². The standard InChI is InChI=1S/C19H29NO2/c1-17-8-4-3-5-12(17)11-15(20)16-13(17)6-9-18(2)14(16)7-10-19(18,21)22/h3,5,7,10,12-16,21-22H,4,6,8-9,11,20H2,1-2H3/t12?,13-,14+,15?,16-,17+,18+/m1/s1. The van der Waals surface area contributed by atoms with E-state index in [-0.39, 0.29) is 12.0 Å². The van der Waals surface area contributed by atoms with Crippen molar-refractivity contribution in [3.63, 3.8) is 0 Å². The Morgan fingerprint density at radius 3 is 2.68 bits per heavy atom. The first-order valence-electron chi connectivity index (χ1n) is 8.86. The van der Waals surface area contributed by atoms with Crippen LogP contribution in [0.25, 0.3) is 0 Å². The molecule has 4 rings (SSSR count). The Morgan fingerprint density at radius 2 is 1.91 bits per heavy atom. The average molecular weight is 303 g/mol. The Morgan fingerprint density at radius 1 is 1.14 bits per heavy atom. The molecule has 3 nitrogen and oxygen atoms in total. The van der Waals surface area contributed by atoms with Crippen molar-refractivity contribution in [3.8, 4) is 0 Å². The van der Waals surface area contributed by atoms with Gasteiger partial charge in [0.1, 0.15) is 0 Å². The molecule has 0 aromatic rings. The molecule has 7 atom stereocenters. The molecule has 2 fully saturated rings. The van der Waals surface area contributed by atoms with Crippen molar-refractivity contribution >= 4 is 0 Å². The van der Waals surface area contributed by atoms with Crippen LogP contribution in [0.15, 0.2) is 24.3 Å². The van der Waals surface area contributed by atoms with Gasteiger partial charge in [0.2, 0.25) is 0 Å². The molecule has 0 spiro atoms. The van der Waals surface area contributed by atoms with Crippen LogP contribution in [0, 0.1) is 34.5 Å². The quantitative estimate of drug-likeness (QED) is 0.476. The SMILES string of the molecule is C[C@]12CCC=CC1CC(N)[C@@H]1[C@H]2CC[C@@]2(C)[C@H]1C=CC2(O)O. The minimum atomic E-state index is -1.67. The van der Waals surface area contributed by atoms with Crippen molar-refractivity contribution in [3.05, 3.63) is 24.3 Å². The van der Waals surface area contributed by atoms with E-state index in [4.69, 9.17) is 5.73 Å². The van der Waals surface area contributed by atoms with Crippen LogP contribution < -0.4 is 5.73 Å². The molecule has 2 saturated carbocycles. The zero-order chi connectivity index (χ0) is 15.8. The topological polar surface area (TPSA) is 66.5 Å². The fourth-order valence-electron chi connectivity index (χ4n) is 6.34. The second kappa shape index (κ2) is 4.46. The molecular weight excluding hydrogens is 274 g/mol. The third-order valence-corrected chi connectivity index (χ3v) is 7.90. The van der Waals surface area contributed by atoms with Gasteiger partial charge in [-0.1, -0.05) is 32.1 Å². The fraction of sp³-hybridized carbons (Fsp3) is 0.789. The lowest BCUT2D eigenvalue weighted by Crippen LogP contribution is -2.61. The summed E-state index contributed by atoms with van der Waals surface area (Å²) in [5.74, 6) is 0.0963. The maximum atomic E-state index is 10.4. The van der Waals surface area contributed by atoms with Gasteiger partial charge in [-0.25, -0.2) is 0 Å². The molecule has 0 bridgehead atoms. The molecule has 4 aliphatic carbocycles. The molecule has 4 N–H and O–H groups in total. The average Bonchev–Trinajstić information content (AvgIpc) is 2.70. The zero-order valence-corrected chi connectivity index (χ0v) is 13.7. The Kier molecular flexibility index (Phi) is 3.03. The van der Waals surface area contributed by atoms with E-state index in [0.29, 0.717) is 23.2 Å². The second-order valence-corrected chi connectivity index (χ2v) is 8.73. The molecule has 2 unspecified atom stereocenters. The molecule has 0 radical (unpaired) electrons. The summed E-state index contributed by atoms with van der Waals surface area (Å²) in [6, 6.07) is 0.161. The van der Waals surface area contributed by atoms with E-state index < -0.39 is 11.2 Å². The van der Waals surface area contributed by atoms with E-state index in [0.717, 1.165) is 19.3 Å². The summed E-state index contributed by atoms with van der Waals surface area (Å²) < 4.78 is 0. The van der Waals surface area contributed by atoms with Gasteiger partial charge >= 0.3 is 0 Å². The Balaban J connectivity index is 1.74. The molecule has 122 valence electrons. The van der Waals surface area contributed by atoms with Crippen LogP contribution in [-0.2, 0) is 0 Å². The molecule has 22 heavy (non-hydrogen) atoms. The molecule has 3 heteroatoms. The third kappa shape index (κ3) is 1.68. The van der Waals surface area contributed by atoms with Crippen LogP contribution in [0.3, 0.4) is 0 Å². The summed E-state index contributed by atoms with van der Waals surface area (Å²) in [7, 11) is 0. The number of hydrogen-bond acceptors (Lipinski definition) is 3. The highest BCUT2D eigenvalue weighted by Gasteiger charge is 2.63. The summed E-state index contributed by atoms with van der Waals surface area (Å²) in [4.78, 5) is 0. The van der Waals surface area contributed by atoms with Crippen LogP contribution in [-0.4, -0.2) is 22.0 Å². The minimum Gasteiger partial charge on any atom is -0.362 e. The van der Waals surface area contributed by atoms with Crippen molar-refractivity contribution in [2.75, 3.05) is 0 Å². The van der Waals surface area contributed by atoms with Crippen molar-refractivity contribution < 1.29 is 10.2 Å². The van der Waals surface area contributed by atoms with E-state index in [2.05, 4.69) is 25.2 Å². The fourth-order valence-corrected chi connectivity index (χ4v) is 6.34. The largest absolute Gasteiger partial charge is 0.362 e. The summed E-state index contributed by atoms with van der Waals surface area (Å²) >= 11 is 0. The van der Waals surface area contributed by atoms with Gasteiger partial charge in [-0.3, -0.25) is 0 Å². The van der Waals surface area contributed by atoms with Gasteiger partial charge in [-0.15, -0.1) is 0 Å². The summed E-state index contributed by atoms with van der Waals surface area (Å²) in [5, 5.41) is 20.9. The highest BCUT2D eigenvalue weighted by Crippen LogP contribution is 2.65. The Bertz CT molecular complexity index is 540. The number of nitrogens with two attached hydrogens (primary N) is 1. The summed E-state index contributed by atoms with van der Waals surface area (Å²) in [6.07, 6.45) is 13.8. The highest BCUT2D eigenvalue weighted by molar-refractivity contribution is 5.24. The van der Waals surface area contributed by atoms with Gasteiger partial charge in [0.25, 0.3) is 0 Å². The molecule has 0 aliphatic heterocycles. The second-order valence-electron chi connectivity index (χ2n) is 8.73. The third-order valence-electron chi connectivity index (χ3n) is 7.90. The highest BCUT2D eigenvalue weighted by atomic mass is 16.5. The molecule has 0 amide bonds. The van der Waals surface area contributed by atoms with E-state index in [1.807, 2.05) is 6.92 Å².